The second kappa shape index (κ2) is 8.31. The number of nitrogens with zero attached hydrogens (tertiary/aromatic N) is 3. The number of nitrogens with one attached hydrogen (secondary N) is 1. The van der Waals surface area contributed by atoms with Crippen LogP contribution in [-0.2, 0) is 0 Å². The third-order valence-electron chi connectivity index (χ3n) is 5.13. The van der Waals surface area contributed by atoms with Crippen LogP contribution in [0.25, 0.3) is 11.3 Å². The van der Waals surface area contributed by atoms with Crippen molar-refractivity contribution in [2.75, 3.05) is 13.7 Å². The number of nitro benzene ring substituents is 1. The summed E-state index contributed by atoms with van der Waals surface area (Å²) < 4.78 is 16.7. The zero-order chi connectivity index (χ0) is 22.8. The Morgan fingerprint density at radius 2 is 2.03 bits per heavy atom. The predicted octanol–water partition coefficient (Wildman–Crippen LogP) is 3.61. The van der Waals surface area contributed by atoms with E-state index in [1.54, 1.807) is 31.4 Å². The average Bonchev–Trinajstić information content (AvgIpc) is 3.21. The van der Waals surface area contributed by atoms with Gasteiger partial charge >= 0.3 is 0 Å². The first-order chi connectivity index (χ1) is 15.5. The summed E-state index contributed by atoms with van der Waals surface area (Å²) in [4.78, 5) is 10.5. The Balaban J connectivity index is 1.89. The molecule has 1 aliphatic heterocycles. The number of nitriles is 1. The Morgan fingerprint density at radius 3 is 2.66 bits per heavy atom. The molecule has 0 radical (unpaired) electrons. The fourth-order valence-corrected chi connectivity index (χ4v) is 3.69. The lowest BCUT2D eigenvalue weighted by Crippen LogP contribution is -2.21. The minimum absolute atomic E-state index is 0.0340. The summed E-state index contributed by atoms with van der Waals surface area (Å²) in [7, 11) is 1.55. The number of methoxy groups -OCH3 is 1. The number of aromatic amines is 1. The second-order valence-electron chi connectivity index (χ2n) is 6.89. The Bertz CT molecular complexity index is 1260. The topological polar surface area (TPSA) is 149 Å². The van der Waals surface area contributed by atoms with Crippen LogP contribution in [0.2, 0.25) is 0 Å². The minimum Gasteiger partial charge on any atom is -0.493 e. The van der Waals surface area contributed by atoms with Gasteiger partial charge in [0.15, 0.2) is 11.5 Å². The normalized spacial score (nSPS) is 14.8. The van der Waals surface area contributed by atoms with Crippen LogP contribution in [0.4, 0.5) is 5.69 Å². The number of nitrogens with two attached hydrogens (primary N) is 1. The lowest BCUT2D eigenvalue weighted by atomic mass is 9.83. The third kappa shape index (κ3) is 3.45. The SMILES string of the molecule is CCOc1cc(C2C(C#N)=C(N)Oc3n[nH]c(-c4ccc([N+](=O)[O-])cc4)c32)ccc1OC. The van der Waals surface area contributed by atoms with Crippen LogP contribution in [0, 0.1) is 21.4 Å². The van der Waals surface area contributed by atoms with Gasteiger partial charge in [-0.25, -0.2) is 0 Å². The maximum Gasteiger partial charge on any atom is 0.269 e. The number of fused-ring (bicyclic) bond motifs is 1. The van der Waals surface area contributed by atoms with Crippen LogP contribution in [0.1, 0.15) is 24.0 Å². The van der Waals surface area contributed by atoms with Gasteiger partial charge in [0.2, 0.25) is 11.8 Å². The highest BCUT2D eigenvalue weighted by molar-refractivity contribution is 5.71. The van der Waals surface area contributed by atoms with E-state index in [2.05, 4.69) is 16.3 Å². The quantitative estimate of drug-likeness (QED) is 0.442. The first-order valence-corrected chi connectivity index (χ1v) is 9.69. The monoisotopic (exact) mass is 433 g/mol. The molecule has 4 rings (SSSR count). The minimum atomic E-state index is -0.599. The summed E-state index contributed by atoms with van der Waals surface area (Å²) in [5, 5.41) is 28.0. The number of hydrogen-bond acceptors (Lipinski definition) is 8. The van der Waals surface area contributed by atoms with E-state index in [9.17, 15) is 15.4 Å². The van der Waals surface area contributed by atoms with Crippen LogP contribution in [-0.4, -0.2) is 28.8 Å². The van der Waals surface area contributed by atoms with Crippen molar-refractivity contribution in [3.05, 3.63) is 75.2 Å². The molecule has 10 heteroatoms. The molecule has 32 heavy (non-hydrogen) atoms. The van der Waals surface area contributed by atoms with Gasteiger partial charge in [-0.3, -0.25) is 15.2 Å². The number of H-pyrrole nitrogens is 1. The molecule has 1 unspecified atom stereocenters. The fraction of sp³-hybridized carbons (Fsp3) is 0.182. The highest BCUT2D eigenvalue weighted by atomic mass is 16.6. The van der Waals surface area contributed by atoms with E-state index in [0.717, 1.165) is 5.56 Å². The van der Waals surface area contributed by atoms with Crippen LogP contribution in [0.5, 0.6) is 17.4 Å². The van der Waals surface area contributed by atoms with E-state index in [4.69, 9.17) is 19.9 Å². The number of ether oxygens (including phenoxy) is 3. The zero-order valence-corrected chi connectivity index (χ0v) is 17.3. The first kappa shape index (κ1) is 20.7. The summed E-state index contributed by atoms with van der Waals surface area (Å²) in [6.45, 7) is 2.29. The molecular weight excluding hydrogens is 414 g/mol. The molecule has 1 aromatic heterocycles. The van der Waals surface area contributed by atoms with Crippen molar-refractivity contribution in [3.63, 3.8) is 0 Å². The Kier molecular flexibility index (Phi) is 5.39. The van der Waals surface area contributed by atoms with E-state index in [1.165, 1.54) is 12.1 Å². The van der Waals surface area contributed by atoms with Crippen LogP contribution in [0.3, 0.4) is 0 Å². The molecule has 0 saturated carbocycles. The number of aromatic nitrogens is 2. The molecule has 2 heterocycles. The highest BCUT2D eigenvalue weighted by Crippen LogP contribution is 2.47. The van der Waals surface area contributed by atoms with Gasteiger partial charge in [0, 0.05) is 17.7 Å². The molecule has 1 atom stereocenters. The zero-order valence-electron chi connectivity index (χ0n) is 17.3. The Labute approximate surface area is 183 Å². The van der Waals surface area contributed by atoms with Crippen LogP contribution >= 0.6 is 0 Å². The van der Waals surface area contributed by atoms with Gasteiger partial charge in [0.1, 0.15) is 11.6 Å². The Morgan fingerprint density at radius 1 is 1.28 bits per heavy atom. The van der Waals surface area contributed by atoms with Crippen molar-refractivity contribution >= 4 is 5.69 Å². The number of benzene rings is 2. The third-order valence-corrected chi connectivity index (χ3v) is 5.13. The number of non-ortho nitro benzene ring substituents is 1. The van der Waals surface area contributed by atoms with Crippen molar-refractivity contribution < 1.29 is 19.1 Å². The Hall–Kier alpha value is -4.52. The molecule has 3 aromatic rings. The van der Waals surface area contributed by atoms with Crippen molar-refractivity contribution in [3.8, 4) is 34.7 Å². The molecule has 0 bridgehead atoms. The van der Waals surface area contributed by atoms with Gasteiger partial charge in [-0.05, 0) is 36.8 Å². The molecule has 0 amide bonds. The molecule has 2 aromatic carbocycles. The van der Waals surface area contributed by atoms with E-state index < -0.39 is 10.8 Å². The molecule has 0 aliphatic carbocycles. The lowest BCUT2D eigenvalue weighted by Gasteiger charge is -2.24. The van der Waals surface area contributed by atoms with Gasteiger partial charge in [-0.15, -0.1) is 5.10 Å². The first-order valence-electron chi connectivity index (χ1n) is 9.69. The van der Waals surface area contributed by atoms with Crippen molar-refractivity contribution in [1.82, 2.24) is 10.2 Å². The van der Waals surface area contributed by atoms with E-state index in [-0.39, 0.29) is 23.0 Å². The summed E-state index contributed by atoms with van der Waals surface area (Å²) in [5.74, 6) is 0.671. The lowest BCUT2D eigenvalue weighted by molar-refractivity contribution is -0.384. The average molecular weight is 433 g/mol. The van der Waals surface area contributed by atoms with Gasteiger partial charge in [-0.1, -0.05) is 6.07 Å². The second-order valence-corrected chi connectivity index (χ2v) is 6.89. The highest BCUT2D eigenvalue weighted by Gasteiger charge is 2.36. The number of rotatable bonds is 6. The molecule has 0 spiro atoms. The fourth-order valence-electron chi connectivity index (χ4n) is 3.69. The maximum atomic E-state index is 11.0. The summed E-state index contributed by atoms with van der Waals surface area (Å²) in [6, 6.07) is 13.5. The maximum absolute atomic E-state index is 11.0. The standard InChI is InChI=1S/C22H19N5O5/c1-3-31-17-10-13(6-9-16(17)30-2)18-15(11-23)21(24)32-22-19(18)20(25-26-22)12-4-7-14(8-5-12)27(28)29/h4-10,18H,3,24H2,1-2H3,(H,25,26). The van der Waals surface area contributed by atoms with Gasteiger partial charge in [0.25, 0.3) is 5.69 Å². The van der Waals surface area contributed by atoms with Gasteiger partial charge in [-0.2, -0.15) is 5.26 Å². The molecule has 1 aliphatic rings. The largest absolute Gasteiger partial charge is 0.493 e. The summed E-state index contributed by atoms with van der Waals surface area (Å²) >= 11 is 0. The molecule has 0 fully saturated rings. The van der Waals surface area contributed by atoms with Crippen molar-refractivity contribution in [1.29, 1.82) is 5.26 Å². The van der Waals surface area contributed by atoms with Crippen LogP contribution in [0.15, 0.2) is 53.9 Å². The molecule has 162 valence electrons. The molecule has 10 nitrogen and oxygen atoms in total. The smallest absolute Gasteiger partial charge is 0.269 e. The molecule has 0 saturated heterocycles. The summed E-state index contributed by atoms with van der Waals surface area (Å²) in [6.07, 6.45) is 0. The van der Waals surface area contributed by atoms with E-state index >= 15 is 0 Å². The van der Waals surface area contributed by atoms with Gasteiger partial charge < -0.3 is 19.9 Å². The van der Waals surface area contributed by atoms with E-state index in [1.807, 2.05) is 13.0 Å². The number of hydrogen-bond donors (Lipinski definition) is 2. The van der Waals surface area contributed by atoms with Crippen LogP contribution < -0.4 is 19.9 Å². The van der Waals surface area contributed by atoms with Crippen molar-refractivity contribution in [2.24, 2.45) is 5.73 Å². The number of nitro groups is 1. The molecule has 3 N–H and O–H groups in total. The van der Waals surface area contributed by atoms with Crippen molar-refractivity contribution in [2.45, 2.75) is 12.8 Å². The molecular formula is C22H19N5O5. The summed E-state index contributed by atoms with van der Waals surface area (Å²) in [5.41, 5.74) is 8.75. The van der Waals surface area contributed by atoms with E-state index in [0.29, 0.717) is 34.9 Å². The van der Waals surface area contributed by atoms with Gasteiger partial charge in [0.05, 0.1) is 35.8 Å². The predicted molar refractivity (Wildman–Crippen MR) is 114 cm³/mol. The number of allylic oxidation sites excluding steroid dienone is 1.